The van der Waals surface area contributed by atoms with E-state index in [4.69, 9.17) is 4.74 Å². The molecule has 2 aliphatic rings. The van der Waals surface area contributed by atoms with Gasteiger partial charge in [-0.3, -0.25) is 0 Å². The highest BCUT2D eigenvalue weighted by molar-refractivity contribution is 5.14. The molecular formula is C12H20O. The maximum Gasteiger partial charge on any atom is 0.0661 e. The number of hydrogen-bond donors (Lipinski definition) is 0. The van der Waals surface area contributed by atoms with E-state index in [0.717, 1.165) is 5.92 Å². The van der Waals surface area contributed by atoms with Gasteiger partial charge >= 0.3 is 0 Å². The molecule has 1 nitrogen and oxygen atoms in total. The summed E-state index contributed by atoms with van der Waals surface area (Å²) in [6.07, 6.45) is 5.36. The molecule has 74 valence electrons. The molecular weight excluding hydrogens is 160 g/mol. The Labute approximate surface area is 81.2 Å². The van der Waals surface area contributed by atoms with Crippen LogP contribution in [0.4, 0.5) is 0 Å². The number of ether oxygens (including phenoxy) is 1. The minimum atomic E-state index is 0.0904. The third-order valence-electron chi connectivity index (χ3n) is 3.89. The van der Waals surface area contributed by atoms with Crippen molar-refractivity contribution in [2.24, 2.45) is 11.8 Å². The molecule has 1 aliphatic carbocycles. The first kappa shape index (κ1) is 9.26. The van der Waals surface area contributed by atoms with E-state index in [1.807, 2.05) is 0 Å². The number of fused-ring (bicyclic) bond motifs is 2. The predicted octanol–water partition coefficient (Wildman–Crippen LogP) is 3.16. The fourth-order valence-electron chi connectivity index (χ4n) is 2.86. The first-order chi connectivity index (χ1) is 6.00. The van der Waals surface area contributed by atoms with Crippen LogP contribution in [0.3, 0.4) is 0 Å². The molecule has 0 spiro atoms. The monoisotopic (exact) mass is 180 g/mol. The zero-order valence-corrected chi connectivity index (χ0v) is 9.13. The van der Waals surface area contributed by atoms with Crippen LogP contribution in [0.1, 0.15) is 40.5 Å². The van der Waals surface area contributed by atoms with Gasteiger partial charge in [0.05, 0.1) is 11.7 Å². The summed E-state index contributed by atoms with van der Waals surface area (Å²) in [6.45, 7) is 8.93. The van der Waals surface area contributed by atoms with Gasteiger partial charge < -0.3 is 4.74 Å². The Hall–Kier alpha value is -0.300. The van der Waals surface area contributed by atoms with Crippen LogP contribution in [0.2, 0.25) is 0 Å². The lowest BCUT2D eigenvalue weighted by Gasteiger charge is -2.48. The Kier molecular flexibility index (Phi) is 2.03. The molecule has 0 aromatic rings. The molecule has 3 atom stereocenters. The van der Waals surface area contributed by atoms with Crippen molar-refractivity contribution in [1.29, 1.82) is 0 Å². The van der Waals surface area contributed by atoms with Crippen LogP contribution in [0.25, 0.3) is 0 Å². The summed E-state index contributed by atoms with van der Waals surface area (Å²) < 4.78 is 6.07. The van der Waals surface area contributed by atoms with Gasteiger partial charge in [-0.2, -0.15) is 0 Å². The molecule has 1 aliphatic heterocycles. The van der Waals surface area contributed by atoms with Gasteiger partial charge in [0.2, 0.25) is 0 Å². The first-order valence-corrected chi connectivity index (χ1v) is 5.35. The fraction of sp³-hybridized carbons (Fsp3) is 0.833. The van der Waals surface area contributed by atoms with E-state index in [1.165, 1.54) is 12.8 Å². The van der Waals surface area contributed by atoms with E-state index < -0.39 is 0 Å². The summed E-state index contributed by atoms with van der Waals surface area (Å²) in [6, 6.07) is 0. The van der Waals surface area contributed by atoms with Gasteiger partial charge in [0.15, 0.2) is 0 Å². The summed E-state index contributed by atoms with van der Waals surface area (Å²) in [7, 11) is 0. The molecule has 2 bridgehead atoms. The standard InChI is InChI=1S/C12H20O/c1-8-5-6-10-7-11(8)9(2)13-12(10,3)4/h5,9-11H,6-7H2,1-4H3/t9-,10+,11+/m0/s1. The zero-order chi connectivity index (χ0) is 9.64. The van der Waals surface area contributed by atoms with E-state index in [-0.39, 0.29) is 5.60 Å². The van der Waals surface area contributed by atoms with Gasteiger partial charge in [0.1, 0.15) is 0 Å². The normalized spacial score (nSPS) is 42.8. The average Bonchev–Trinajstić information content (AvgIpc) is 2.02. The first-order valence-electron chi connectivity index (χ1n) is 5.35. The molecule has 13 heavy (non-hydrogen) atoms. The second-order valence-corrected chi connectivity index (χ2v) is 5.15. The molecule has 1 saturated heterocycles. The molecule has 2 rings (SSSR count). The maximum atomic E-state index is 6.07. The molecule has 0 amide bonds. The molecule has 0 radical (unpaired) electrons. The van der Waals surface area contributed by atoms with Crippen molar-refractivity contribution in [3.8, 4) is 0 Å². The molecule has 0 aromatic carbocycles. The van der Waals surface area contributed by atoms with Gasteiger partial charge in [-0.25, -0.2) is 0 Å². The highest BCUT2D eigenvalue weighted by atomic mass is 16.5. The number of allylic oxidation sites excluding steroid dienone is 1. The van der Waals surface area contributed by atoms with E-state index in [2.05, 4.69) is 33.8 Å². The Bertz CT molecular complexity index is 240. The van der Waals surface area contributed by atoms with Gasteiger partial charge in [-0.15, -0.1) is 0 Å². The molecule has 0 aromatic heterocycles. The van der Waals surface area contributed by atoms with Gasteiger partial charge in [0, 0.05) is 5.92 Å². The number of rotatable bonds is 0. The Morgan fingerprint density at radius 2 is 2.15 bits per heavy atom. The summed E-state index contributed by atoms with van der Waals surface area (Å²) >= 11 is 0. The van der Waals surface area contributed by atoms with Crippen molar-refractivity contribution in [2.75, 3.05) is 0 Å². The average molecular weight is 180 g/mol. The van der Waals surface area contributed by atoms with Crippen LogP contribution in [-0.4, -0.2) is 11.7 Å². The molecule has 1 fully saturated rings. The molecule has 0 unspecified atom stereocenters. The highest BCUT2D eigenvalue weighted by Crippen LogP contribution is 2.44. The van der Waals surface area contributed by atoms with Crippen LogP contribution < -0.4 is 0 Å². The Balaban J connectivity index is 2.27. The molecule has 1 heteroatoms. The number of hydrogen-bond acceptors (Lipinski definition) is 1. The summed E-state index contributed by atoms with van der Waals surface area (Å²) in [5.74, 6) is 1.42. The highest BCUT2D eigenvalue weighted by Gasteiger charge is 2.42. The van der Waals surface area contributed by atoms with E-state index >= 15 is 0 Å². The Morgan fingerprint density at radius 1 is 1.46 bits per heavy atom. The second kappa shape index (κ2) is 2.84. The van der Waals surface area contributed by atoms with Crippen LogP contribution in [0.5, 0.6) is 0 Å². The van der Waals surface area contributed by atoms with Crippen LogP contribution in [-0.2, 0) is 4.74 Å². The van der Waals surface area contributed by atoms with E-state index in [0.29, 0.717) is 12.0 Å². The van der Waals surface area contributed by atoms with E-state index in [1.54, 1.807) is 5.57 Å². The van der Waals surface area contributed by atoms with Gasteiger partial charge in [-0.05, 0) is 46.5 Å². The van der Waals surface area contributed by atoms with Crippen LogP contribution in [0.15, 0.2) is 11.6 Å². The maximum absolute atomic E-state index is 6.07. The van der Waals surface area contributed by atoms with Crippen molar-refractivity contribution in [1.82, 2.24) is 0 Å². The topological polar surface area (TPSA) is 9.23 Å². The Morgan fingerprint density at radius 3 is 2.85 bits per heavy atom. The summed E-state index contributed by atoms with van der Waals surface area (Å²) in [5.41, 5.74) is 1.63. The zero-order valence-electron chi connectivity index (χ0n) is 9.13. The van der Waals surface area contributed by atoms with Crippen molar-refractivity contribution in [3.05, 3.63) is 11.6 Å². The SMILES string of the molecule is CC1=CC[C@@H]2C[C@H]1[C@H](C)OC2(C)C. The quantitative estimate of drug-likeness (QED) is 0.520. The smallest absolute Gasteiger partial charge is 0.0661 e. The summed E-state index contributed by atoms with van der Waals surface area (Å²) in [4.78, 5) is 0. The van der Waals surface area contributed by atoms with Crippen molar-refractivity contribution < 1.29 is 4.74 Å². The lowest BCUT2D eigenvalue weighted by molar-refractivity contribution is -0.156. The lowest BCUT2D eigenvalue weighted by atomic mass is 9.70. The molecule has 1 heterocycles. The predicted molar refractivity (Wildman–Crippen MR) is 54.6 cm³/mol. The fourth-order valence-corrected chi connectivity index (χ4v) is 2.86. The molecule has 0 saturated carbocycles. The van der Waals surface area contributed by atoms with Crippen molar-refractivity contribution in [2.45, 2.75) is 52.2 Å². The molecule has 0 N–H and O–H groups in total. The van der Waals surface area contributed by atoms with Crippen LogP contribution in [0, 0.1) is 11.8 Å². The van der Waals surface area contributed by atoms with E-state index in [9.17, 15) is 0 Å². The minimum absolute atomic E-state index is 0.0904. The second-order valence-electron chi connectivity index (χ2n) is 5.15. The van der Waals surface area contributed by atoms with Gasteiger partial charge in [0.25, 0.3) is 0 Å². The van der Waals surface area contributed by atoms with Crippen molar-refractivity contribution in [3.63, 3.8) is 0 Å². The third kappa shape index (κ3) is 1.43. The largest absolute Gasteiger partial charge is 0.372 e. The third-order valence-corrected chi connectivity index (χ3v) is 3.89. The van der Waals surface area contributed by atoms with Gasteiger partial charge in [-0.1, -0.05) is 11.6 Å². The van der Waals surface area contributed by atoms with Crippen LogP contribution >= 0.6 is 0 Å². The van der Waals surface area contributed by atoms with Crippen molar-refractivity contribution >= 4 is 0 Å². The lowest BCUT2D eigenvalue weighted by Crippen LogP contribution is -2.48. The summed E-state index contributed by atoms with van der Waals surface area (Å²) in [5, 5.41) is 0. The minimum Gasteiger partial charge on any atom is -0.372 e.